The summed E-state index contributed by atoms with van der Waals surface area (Å²) in [6.45, 7) is 2.54. The number of ether oxygens (including phenoxy) is 1. The maximum absolute atomic E-state index is 13.2. The molecular weight excluding hydrogens is 341 g/mol. The number of halogens is 1. The highest BCUT2D eigenvalue weighted by Gasteiger charge is 2.08. The van der Waals surface area contributed by atoms with E-state index in [9.17, 15) is 4.39 Å². The van der Waals surface area contributed by atoms with Crippen LogP contribution in [0, 0.1) is 10.6 Å². The van der Waals surface area contributed by atoms with E-state index in [-0.39, 0.29) is 5.82 Å². The fraction of sp³-hybridized carbons (Fsp3) is 0.118. The summed E-state index contributed by atoms with van der Waals surface area (Å²) in [4.78, 5) is 0. The van der Waals surface area contributed by atoms with Gasteiger partial charge >= 0.3 is 0 Å². The van der Waals surface area contributed by atoms with Crippen molar-refractivity contribution in [1.82, 2.24) is 14.9 Å². The fourth-order valence-corrected chi connectivity index (χ4v) is 2.37. The fourth-order valence-electron chi connectivity index (χ4n) is 2.20. The summed E-state index contributed by atoms with van der Waals surface area (Å²) in [5.41, 5.74) is 4.27. The summed E-state index contributed by atoms with van der Waals surface area (Å²) >= 11 is 5.21. The average molecular weight is 357 g/mol. The van der Waals surface area contributed by atoms with Gasteiger partial charge in [-0.05, 0) is 61.1 Å². The number of aromatic nitrogens is 3. The number of hydrogen-bond donors (Lipinski definition) is 2. The van der Waals surface area contributed by atoms with Crippen LogP contribution in [-0.4, -0.2) is 27.7 Å². The molecule has 0 fully saturated rings. The Labute approximate surface area is 148 Å². The zero-order chi connectivity index (χ0) is 17.6. The van der Waals surface area contributed by atoms with Crippen molar-refractivity contribution in [3.8, 4) is 17.1 Å². The Morgan fingerprint density at radius 3 is 2.84 bits per heavy atom. The molecule has 6 nitrogen and oxygen atoms in total. The van der Waals surface area contributed by atoms with E-state index < -0.39 is 0 Å². The monoisotopic (exact) mass is 357 g/mol. The molecule has 0 aliphatic rings. The van der Waals surface area contributed by atoms with Gasteiger partial charge in [-0.15, -0.1) is 0 Å². The van der Waals surface area contributed by atoms with E-state index in [1.54, 1.807) is 12.1 Å². The Morgan fingerprint density at radius 1 is 1.32 bits per heavy atom. The first kappa shape index (κ1) is 16.8. The lowest BCUT2D eigenvalue weighted by Crippen LogP contribution is -2.10. The van der Waals surface area contributed by atoms with Crippen molar-refractivity contribution in [2.24, 2.45) is 5.10 Å². The Kier molecular flexibility index (Phi) is 5.20. The highest BCUT2D eigenvalue weighted by atomic mass is 32.1. The van der Waals surface area contributed by atoms with Gasteiger partial charge in [0.1, 0.15) is 11.6 Å². The van der Waals surface area contributed by atoms with Gasteiger partial charge < -0.3 is 4.74 Å². The van der Waals surface area contributed by atoms with Crippen molar-refractivity contribution in [3.63, 3.8) is 0 Å². The normalized spacial score (nSPS) is 11.0. The van der Waals surface area contributed by atoms with Gasteiger partial charge in [-0.2, -0.15) is 14.9 Å². The summed E-state index contributed by atoms with van der Waals surface area (Å²) in [5, 5.41) is 11.0. The van der Waals surface area contributed by atoms with Crippen LogP contribution in [0.2, 0.25) is 0 Å². The van der Waals surface area contributed by atoms with E-state index in [2.05, 4.69) is 20.8 Å². The molecule has 2 aromatic carbocycles. The largest absolute Gasteiger partial charge is 0.494 e. The van der Waals surface area contributed by atoms with Gasteiger partial charge in [-0.1, -0.05) is 12.1 Å². The Hall–Kier alpha value is -3.00. The number of H-pyrrole nitrogens is 1. The highest BCUT2D eigenvalue weighted by molar-refractivity contribution is 7.71. The molecule has 0 unspecified atom stereocenters. The number of hydrazone groups is 1. The van der Waals surface area contributed by atoms with Crippen molar-refractivity contribution in [3.05, 3.63) is 64.7 Å². The first-order chi connectivity index (χ1) is 12.2. The number of rotatable bonds is 6. The molecule has 1 aromatic heterocycles. The molecular formula is C17H16FN5OS. The molecule has 0 aliphatic heterocycles. The number of benzene rings is 2. The van der Waals surface area contributed by atoms with Crippen LogP contribution >= 0.6 is 12.2 Å². The second kappa shape index (κ2) is 7.71. The zero-order valence-corrected chi connectivity index (χ0v) is 14.3. The predicted octanol–water partition coefficient (Wildman–Crippen LogP) is 3.72. The van der Waals surface area contributed by atoms with Crippen LogP contribution in [0.1, 0.15) is 12.5 Å². The molecule has 0 atom stereocenters. The number of nitrogens with one attached hydrogen (secondary N) is 2. The van der Waals surface area contributed by atoms with Crippen molar-refractivity contribution in [2.45, 2.75) is 6.92 Å². The number of hydrogen-bond acceptors (Lipinski definition) is 5. The molecule has 8 heteroatoms. The molecule has 128 valence electrons. The van der Waals surface area contributed by atoms with Crippen molar-refractivity contribution in [1.29, 1.82) is 0 Å². The predicted molar refractivity (Wildman–Crippen MR) is 97.4 cm³/mol. The van der Waals surface area contributed by atoms with Crippen molar-refractivity contribution >= 4 is 18.4 Å². The maximum atomic E-state index is 13.2. The molecule has 0 amide bonds. The average Bonchev–Trinajstić information content (AvgIpc) is 2.97. The van der Waals surface area contributed by atoms with Crippen LogP contribution < -0.4 is 10.3 Å². The third kappa shape index (κ3) is 4.10. The van der Waals surface area contributed by atoms with Crippen LogP contribution in [0.4, 0.5) is 4.39 Å². The van der Waals surface area contributed by atoms with E-state index in [0.717, 1.165) is 11.3 Å². The van der Waals surface area contributed by atoms with Crippen molar-refractivity contribution < 1.29 is 9.13 Å². The Bertz CT molecular complexity index is 933. The smallest absolute Gasteiger partial charge is 0.216 e. The van der Waals surface area contributed by atoms with Crippen LogP contribution in [0.15, 0.2) is 53.6 Å². The van der Waals surface area contributed by atoms with E-state index in [4.69, 9.17) is 17.0 Å². The molecule has 0 saturated heterocycles. The van der Waals surface area contributed by atoms with Crippen LogP contribution in [0.3, 0.4) is 0 Å². The standard InChI is InChI=1S/C17H16FN5OS/c1-2-24-15-8-6-13(7-9-15)16-20-21-17(25)23(16)22-19-11-12-4-3-5-14(18)10-12/h3-11,22H,2H2,1H3,(H,21,25)/b19-11-. The van der Waals surface area contributed by atoms with Gasteiger partial charge in [0.05, 0.1) is 12.8 Å². The van der Waals surface area contributed by atoms with Gasteiger partial charge in [-0.3, -0.25) is 0 Å². The van der Waals surface area contributed by atoms with Crippen LogP contribution in [0.5, 0.6) is 5.75 Å². The molecule has 0 saturated carbocycles. The summed E-state index contributed by atoms with van der Waals surface area (Å²) in [6.07, 6.45) is 1.50. The topological polar surface area (TPSA) is 67.2 Å². The van der Waals surface area contributed by atoms with E-state index in [1.165, 1.54) is 23.0 Å². The second-order valence-corrected chi connectivity index (χ2v) is 5.45. The first-order valence-electron chi connectivity index (χ1n) is 7.62. The van der Waals surface area contributed by atoms with Crippen LogP contribution in [-0.2, 0) is 0 Å². The maximum Gasteiger partial charge on any atom is 0.216 e. The molecule has 1 heterocycles. The lowest BCUT2D eigenvalue weighted by atomic mass is 10.2. The number of aromatic amines is 1. The second-order valence-electron chi connectivity index (χ2n) is 5.06. The third-order valence-corrected chi connectivity index (χ3v) is 3.59. The van der Waals surface area contributed by atoms with Gasteiger partial charge in [0.2, 0.25) is 4.77 Å². The minimum Gasteiger partial charge on any atom is -0.494 e. The molecule has 0 bridgehead atoms. The van der Waals surface area contributed by atoms with E-state index in [1.807, 2.05) is 31.2 Å². The summed E-state index contributed by atoms with van der Waals surface area (Å²) in [5.74, 6) is 1.03. The summed E-state index contributed by atoms with van der Waals surface area (Å²) in [7, 11) is 0. The molecule has 0 aliphatic carbocycles. The molecule has 3 rings (SSSR count). The quantitative estimate of drug-likeness (QED) is 0.401. The third-order valence-electron chi connectivity index (χ3n) is 3.32. The molecule has 25 heavy (non-hydrogen) atoms. The lowest BCUT2D eigenvalue weighted by Gasteiger charge is -2.07. The van der Waals surface area contributed by atoms with Gasteiger partial charge in [0.15, 0.2) is 5.82 Å². The lowest BCUT2D eigenvalue weighted by molar-refractivity contribution is 0.340. The Balaban J connectivity index is 1.81. The SMILES string of the molecule is CCOc1ccc(-c2n[nH]c(=S)n2N/N=C\c2cccc(F)c2)cc1. The molecule has 0 spiro atoms. The highest BCUT2D eigenvalue weighted by Crippen LogP contribution is 2.20. The zero-order valence-electron chi connectivity index (χ0n) is 13.4. The van der Waals surface area contributed by atoms with Gasteiger partial charge in [0.25, 0.3) is 0 Å². The van der Waals surface area contributed by atoms with Gasteiger partial charge in [0, 0.05) is 5.56 Å². The first-order valence-corrected chi connectivity index (χ1v) is 8.03. The van der Waals surface area contributed by atoms with Crippen LogP contribution in [0.25, 0.3) is 11.4 Å². The minimum absolute atomic E-state index is 0.320. The molecule has 0 radical (unpaired) electrons. The summed E-state index contributed by atoms with van der Waals surface area (Å²) < 4.78 is 20.5. The minimum atomic E-state index is -0.320. The number of nitrogens with zero attached hydrogens (tertiary/aromatic N) is 3. The summed E-state index contributed by atoms with van der Waals surface area (Å²) in [6, 6.07) is 13.6. The Morgan fingerprint density at radius 2 is 2.12 bits per heavy atom. The van der Waals surface area contributed by atoms with E-state index in [0.29, 0.717) is 22.8 Å². The molecule has 2 N–H and O–H groups in total. The molecule has 3 aromatic rings. The van der Waals surface area contributed by atoms with Gasteiger partial charge in [-0.25, -0.2) is 15.0 Å². The van der Waals surface area contributed by atoms with E-state index >= 15 is 0 Å². The van der Waals surface area contributed by atoms with Crippen molar-refractivity contribution in [2.75, 3.05) is 12.1 Å².